The van der Waals surface area contributed by atoms with Crippen LogP contribution >= 0.6 is 0 Å². The zero-order valence-corrected chi connectivity index (χ0v) is 9.06. The Bertz CT molecular complexity index is 542. The minimum absolute atomic E-state index is 0.120. The van der Waals surface area contributed by atoms with Crippen molar-refractivity contribution in [2.45, 2.75) is 6.92 Å². The van der Waals surface area contributed by atoms with Gasteiger partial charge in [-0.05, 0) is 19.1 Å². The molecule has 2 N–H and O–H groups in total. The van der Waals surface area contributed by atoms with Crippen molar-refractivity contribution in [2.24, 2.45) is 0 Å². The number of hydrogen-bond donors (Lipinski definition) is 2. The third kappa shape index (κ3) is 1.65. The van der Waals surface area contributed by atoms with Crippen molar-refractivity contribution in [1.29, 1.82) is 0 Å². The number of ether oxygens (including phenoxy) is 1. The van der Waals surface area contributed by atoms with E-state index in [4.69, 9.17) is 4.74 Å². The number of phenols is 2. The van der Waals surface area contributed by atoms with Crippen molar-refractivity contribution in [3.8, 4) is 11.5 Å². The molecule has 2 rings (SSSR count). The van der Waals surface area contributed by atoms with Crippen LogP contribution in [0.2, 0.25) is 0 Å². The molecule has 0 saturated carbocycles. The standard InChI is InChI=1S/C12H10O5/c1-2-17-9-5-8(15)10-6(13)3-4-7(14)11(10)12(9)16/h3-5,13-14H,2H2,1H3. The minimum atomic E-state index is -0.602. The Balaban J connectivity index is 2.64. The van der Waals surface area contributed by atoms with Gasteiger partial charge in [0.1, 0.15) is 11.5 Å². The molecule has 0 atom stereocenters. The van der Waals surface area contributed by atoms with Crippen molar-refractivity contribution in [1.82, 2.24) is 0 Å². The maximum Gasteiger partial charge on any atom is 0.232 e. The highest BCUT2D eigenvalue weighted by atomic mass is 16.5. The van der Waals surface area contributed by atoms with Gasteiger partial charge in [0, 0.05) is 6.08 Å². The Morgan fingerprint density at radius 2 is 1.71 bits per heavy atom. The Hall–Kier alpha value is -2.30. The van der Waals surface area contributed by atoms with Crippen LogP contribution in [0.1, 0.15) is 27.6 Å². The van der Waals surface area contributed by atoms with E-state index in [-0.39, 0.29) is 35.0 Å². The van der Waals surface area contributed by atoms with Crippen LogP contribution in [0.15, 0.2) is 24.0 Å². The molecule has 1 aliphatic rings. The molecule has 0 heterocycles. The molecule has 1 aromatic carbocycles. The number of Topliss-reactive ketones (excluding diaryl/α,β-unsaturated/α-hetero) is 1. The van der Waals surface area contributed by atoms with Crippen molar-refractivity contribution in [2.75, 3.05) is 6.61 Å². The topological polar surface area (TPSA) is 83.8 Å². The average Bonchev–Trinajstić information content (AvgIpc) is 2.29. The predicted molar refractivity (Wildman–Crippen MR) is 58.1 cm³/mol. The number of rotatable bonds is 2. The number of ketones is 2. The summed E-state index contributed by atoms with van der Waals surface area (Å²) in [7, 11) is 0. The van der Waals surface area contributed by atoms with Gasteiger partial charge in [0.2, 0.25) is 5.78 Å². The van der Waals surface area contributed by atoms with Crippen LogP contribution in [0.25, 0.3) is 0 Å². The molecule has 17 heavy (non-hydrogen) atoms. The van der Waals surface area contributed by atoms with Crippen LogP contribution in [-0.2, 0) is 4.74 Å². The normalized spacial score (nSPS) is 14.3. The van der Waals surface area contributed by atoms with Crippen LogP contribution in [0.3, 0.4) is 0 Å². The molecule has 0 amide bonds. The molecule has 0 aromatic heterocycles. The summed E-state index contributed by atoms with van der Waals surface area (Å²) in [6.07, 6.45) is 1.02. The molecule has 88 valence electrons. The van der Waals surface area contributed by atoms with Crippen molar-refractivity contribution in [3.63, 3.8) is 0 Å². The number of aromatic hydroxyl groups is 2. The zero-order chi connectivity index (χ0) is 12.6. The summed E-state index contributed by atoms with van der Waals surface area (Å²) in [5.74, 6) is -1.96. The van der Waals surface area contributed by atoms with E-state index < -0.39 is 11.6 Å². The molecule has 5 nitrogen and oxygen atoms in total. The Morgan fingerprint density at radius 1 is 1.12 bits per heavy atom. The van der Waals surface area contributed by atoms with Gasteiger partial charge in [-0.15, -0.1) is 0 Å². The highest BCUT2D eigenvalue weighted by molar-refractivity contribution is 6.25. The van der Waals surface area contributed by atoms with Gasteiger partial charge >= 0.3 is 0 Å². The summed E-state index contributed by atoms with van der Waals surface area (Å²) in [6.45, 7) is 1.91. The maximum absolute atomic E-state index is 11.9. The number of hydrogen-bond acceptors (Lipinski definition) is 5. The first-order chi connectivity index (χ1) is 8.06. The molecule has 0 fully saturated rings. The van der Waals surface area contributed by atoms with E-state index in [1.165, 1.54) is 6.07 Å². The second kappa shape index (κ2) is 3.93. The van der Waals surface area contributed by atoms with Gasteiger partial charge in [0.05, 0.1) is 17.7 Å². The molecule has 1 aliphatic carbocycles. The SMILES string of the molecule is CCOC1=CC(=O)c2c(O)ccc(O)c2C1=O. The largest absolute Gasteiger partial charge is 0.507 e. The first kappa shape index (κ1) is 11.2. The van der Waals surface area contributed by atoms with E-state index in [1.807, 2.05) is 0 Å². The molecule has 0 radical (unpaired) electrons. The summed E-state index contributed by atoms with van der Waals surface area (Å²) in [6, 6.07) is 2.33. The fourth-order valence-corrected chi connectivity index (χ4v) is 1.70. The molecule has 0 saturated heterocycles. The molecular weight excluding hydrogens is 224 g/mol. The molecule has 0 bridgehead atoms. The van der Waals surface area contributed by atoms with Gasteiger partial charge in [-0.2, -0.15) is 0 Å². The summed E-state index contributed by atoms with van der Waals surface area (Å²) >= 11 is 0. The maximum atomic E-state index is 11.9. The van der Waals surface area contributed by atoms with Crippen LogP contribution < -0.4 is 0 Å². The van der Waals surface area contributed by atoms with E-state index in [1.54, 1.807) is 6.92 Å². The van der Waals surface area contributed by atoms with E-state index in [9.17, 15) is 19.8 Å². The number of carbonyl (C=O) groups excluding carboxylic acids is 2. The van der Waals surface area contributed by atoms with Crippen LogP contribution in [-0.4, -0.2) is 28.4 Å². The first-order valence-corrected chi connectivity index (χ1v) is 5.04. The molecule has 0 spiro atoms. The van der Waals surface area contributed by atoms with E-state index in [0.29, 0.717) is 0 Å². The van der Waals surface area contributed by atoms with Crippen LogP contribution in [0, 0.1) is 0 Å². The quantitative estimate of drug-likeness (QED) is 0.755. The van der Waals surface area contributed by atoms with Gasteiger partial charge in [0.15, 0.2) is 11.5 Å². The van der Waals surface area contributed by atoms with Crippen molar-refractivity contribution in [3.05, 3.63) is 35.1 Å². The molecule has 0 aliphatic heterocycles. The average molecular weight is 234 g/mol. The summed E-state index contributed by atoms with van der Waals surface area (Å²) in [5, 5.41) is 19.1. The number of carbonyl (C=O) groups is 2. The number of phenolic OH excluding ortho intramolecular Hbond substituents is 2. The molecule has 1 aromatic rings. The Kier molecular flexibility index (Phi) is 2.59. The van der Waals surface area contributed by atoms with Crippen LogP contribution in [0.4, 0.5) is 0 Å². The molecule has 0 unspecified atom stereocenters. The van der Waals surface area contributed by atoms with Gasteiger partial charge in [-0.3, -0.25) is 9.59 Å². The highest BCUT2D eigenvalue weighted by Gasteiger charge is 2.31. The lowest BCUT2D eigenvalue weighted by atomic mass is 9.92. The third-order valence-electron chi connectivity index (χ3n) is 2.42. The first-order valence-electron chi connectivity index (χ1n) is 5.04. The van der Waals surface area contributed by atoms with Gasteiger partial charge in [0.25, 0.3) is 0 Å². The molecule has 5 heteroatoms. The lowest BCUT2D eigenvalue weighted by molar-refractivity contribution is 0.0887. The Morgan fingerprint density at radius 3 is 2.29 bits per heavy atom. The second-order valence-electron chi connectivity index (χ2n) is 3.49. The fourth-order valence-electron chi connectivity index (χ4n) is 1.70. The number of benzene rings is 1. The third-order valence-corrected chi connectivity index (χ3v) is 2.42. The fraction of sp³-hybridized carbons (Fsp3) is 0.167. The molecular formula is C12H10O5. The van der Waals surface area contributed by atoms with E-state index in [2.05, 4.69) is 0 Å². The summed E-state index contributed by atoms with van der Waals surface area (Å²) in [4.78, 5) is 23.6. The van der Waals surface area contributed by atoms with Crippen LogP contribution in [0.5, 0.6) is 11.5 Å². The number of fused-ring (bicyclic) bond motifs is 1. The van der Waals surface area contributed by atoms with Gasteiger partial charge in [-0.1, -0.05) is 0 Å². The smallest absolute Gasteiger partial charge is 0.232 e. The predicted octanol–water partition coefficient (Wildman–Crippen LogP) is 1.40. The number of allylic oxidation sites excluding steroid dienone is 2. The monoisotopic (exact) mass is 234 g/mol. The summed E-state index contributed by atoms with van der Waals surface area (Å²) in [5.41, 5.74) is -0.389. The van der Waals surface area contributed by atoms with Crippen molar-refractivity contribution >= 4 is 11.6 Å². The van der Waals surface area contributed by atoms with E-state index in [0.717, 1.165) is 12.1 Å². The minimum Gasteiger partial charge on any atom is -0.507 e. The zero-order valence-electron chi connectivity index (χ0n) is 9.06. The Labute approximate surface area is 97.0 Å². The summed E-state index contributed by atoms with van der Waals surface area (Å²) < 4.78 is 5.02. The van der Waals surface area contributed by atoms with E-state index >= 15 is 0 Å². The lowest BCUT2D eigenvalue weighted by Crippen LogP contribution is -2.19. The highest BCUT2D eigenvalue weighted by Crippen LogP contribution is 2.34. The second-order valence-corrected chi connectivity index (χ2v) is 3.49. The van der Waals surface area contributed by atoms with Crippen molar-refractivity contribution < 1.29 is 24.5 Å². The van der Waals surface area contributed by atoms with Gasteiger partial charge in [-0.25, -0.2) is 0 Å². The lowest BCUT2D eigenvalue weighted by Gasteiger charge is -2.16. The van der Waals surface area contributed by atoms with Gasteiger partial charge < -0.3 is 14.9 Å².